The first-order valence-electron chi connectivity index (χ1n) is 4.67. The van der Waals surface area contributed by atoms with Crippen molar-refractivity contribution in [1.29, 1.82) is 0 Å². The molecular weight excluding hydrogens is 154 g/mol. The van der Waals surface area contributed by atoms with Crippen LogP contribution in [-0.2, 0) is 4.79 Å². The second kappa shape index (κ2) is 2.73. The largest absolute Gasteiger partial charge is 0.481 e. The molecule has 2 aliphatic rings. The van der Waals surface area contributed by atoms with Crippen LogP contribution in [0, 0.1) is 11.3 Å². The van der Waals surface area contributed by atoms with Gasteiger partial charge in [-0.25, -0.2) is 0 Å². The molecule has 1 saturated carbocycles. The van der Waals surface area contributed by atoms with Crippen LogP contribution in [-0.4, -0.2) is 24.2 Å². The average molecular weight is 169 g/mol. The van der Waals surface area contributed by atoms with Crippen LogP contribution < -0.4 is 5.32 Å². The van der Waals surface area contributed by atoms with Gasteiger partial charge in [0.25, 0.3) is 0 Å². The number of fused-ring (bicyclic) bond motifs is 2. The standard InChI is InChI=1S/C9H15NO2/c11-8(12)9-3-1-2-7(4-9)5-10-6-9/h7,10H,1-6H2,(H,11,12)/t7-,9-/m1/s1. The van der Waals surface area contributed by atoms with Crippen molar-refractivity contribution in [1.82, 2.24) is 5.32 Å². The summed E-state index contributed by atoms with van der Waals surface area (Å²) in [5, 5.41) is 12.3. The fraction of sp³-hybridized carbons (Fsp3) is 0.889. The van der Waals surface area contributed by atoms with E-state index in [4.69, 9.17) is 5.11 Å². The number of hydrogen-bond acceptors (Lipinski definition) is 2. The van der Waals surface area contributed by atoms with Gasteiger partial charge in [0.05, 0.1) is 5.41 Å². The normalized spacial score (nSPS) is 40.8. The van der Waals surface area contributed by atoms with E-state index in [-0.39, 0.29) is 0 Å². The molecule has 0 aromatic carbocycles. The summed E-state index contributed by atoms with van der Waals surface area (Å²) in [5.41, 5.74) is -0.416. The fourth-order valence-electron chi connectivity index (χ4n) is 2.61. The van der Waals surface area contributed by atoms with Crippen molar-refractivity contribution in [3.05, 3.63) is 0 Å². The summed E-state index contributed by atoms with van der Waals surface area (Å²) in [6, 6.07) is 0. The molecule has 2 rings (SSSR count). The molecule has 12 heavy (non-hydrogen) atoms. The van der Waals surface area contributed by atoms with Crippen molar-refractivity contribution < 1.29 is 9.90 Å². The zero-order valence-electron chi connectivity index (χ0n) is 7.18. The number of carboxylic acid groups (broad SMARTS) is 1. The van der Waals surface area contributed by atoms with Crippen LogP contribution in [0.25, 0.3) is 0 Å². The third-order valence-electron chi connectivity index (χ3n) is 3.30. The maximum atomic E-state index is 11.0. The highest BCUT2D eigenvalue weighted by atomic mass is 16.4. The monoisotopic (exact) mass is 169 g/mol. The van der Waals surface area contributed by atoms with E-state index < -0.39 is 11.4 Å². The predicted octanol–water partition coefficient (Wildman–Crippen LogP) is 0.851. The van der Waals surface area contributed by atoms with Crippen LogP contribution in [0.4, 0.5) is 0 Å². The van der Waals surface area contributed by atoms with Gasteiger partial charge < -0.3 is 10.4 Å². The lowest BCUT2D eigenvalue weighted by Crippen LogP contribution is -2.51. The van der Waals surface area contributed by atoms with Gasteiger partial charge >= 0.3 is 5.97 Å². The second-order valence-electron chi connectivity index (χ2n) is 4.18. The predicted molar refractivity (Wildman–Crippen MR) is 44.9 cm³/mol. The van der Waals surface area contributed by atoms with E-state index in [1.54, 1.807) is 0 Å². The summed E-state index contributed by atoms with van der Waals surface area (Å²) < 4.78 is 0. The summed E-state index contributed by atoms with van der Waals surface area (Å²) in [5.74, 6) is 0.0167. The minimum Gasteiger partial charge on any atom is -0.481 e. The van der Waals surface area contributed by atoms with E-state index >= 15 is 0 Å². The molecule has 2 N–H and O–H groups in total. The Bertz CT molecular complexity index is 193. The Morgan fingerprint density at radius 1 is 1.58 bits per heavy atom. The average Bonchev–Trinajstić information content (AvgIpc) is 2.04. The molecule has 0 aromatic heterocycles. The SMILES string of the molecule is O=C(O)[C@@]12CCC[C@@H](CNC1)C2. The zero-order chi connectivity index (χ0) is 8.60. The molecular formula is C9H15NO2. The van der Waals surface area contributed by atoms with Gasteiger partial charge in [0, 0.05) is 6.54 Å². The van der Waals surface area contributed by atoms with Crippen LogP contribution in [0.1, 0.15) is 25.7 Å². The molecule has 2 bridgehead atoms. The summed E-state index contributed by atoms with van der Waals surface area (Å²) in [6.07, 6.45) is 4.07. The van der Waals surface area contributed by atoms with Crippen LogP contribution in [0.15, 0.2) is 0 Å². The number of carbonyl (C=O) groups is 1. The molecule has 2 atom stereocenters. The highest BCUT2D eigenvalue weighted by Gasteiger charge is 2.44. The molecule has 1 saturated heterocycles. The summed E-state index contributed by atoms with van der Waals surface area (Å²) >= 11 is 0. The van der Waals surface area contributed by atoms with Gasteiger partial charge in [0.15, 0.2) is 0 Å². The first-order valence-corrected chi connectivity index (χ1v) is 4.67. The lowest BCUT2D eigenvalue weighted by atomic mass is 9.67. The lowest BCUT2D eigenvalue weighted by molar-refractivity contribution is -0.153. The highest BCUT2D eigenvalue weighted by molar-refractivity contribution is 5.75. The van der Waals surface area contributed by atoms with Gasteiger partial charge in [-0.3, -0.25) is 4.79 Å². The van der Waals surface area contributed by atoms with E-state index in [1.807, 2.05) is 0 Å². The Morgan fingerprint density at radius 3 is 3.08 bits per heavy atom. The van der Waals surface area contributed by atoms with E-state index in [1.165, 1.54) is 6.42 Å². The minimum absolute atomic E-state index is 0.416. The maximum absolute atomic E-state index is 11.0. The molecule has 1 aliphatic carbocycles. The van der Waals surface area contributed by atoms with Crippen LogP contribution >= 0.6 is 0 Å². The van der Waals surface area contributed by atoms with Gasteiger partial charge in [-0.1, -0.05) is 6.42 Å². The number of carboxylic acids is 1. The zero-order valence-corrected chi connectivity index (χ0v) is 7.18. The minimum atomic E-state index is -0.598. The molecule has 0 radical (unpaired) electrons. The van der Waals surface area contributed by atoms with Crippen molar-refractivity contribution in [2.24, 2.45) is 11.3 Å². The number of piperidine rings is 1. The lowest BCUT2D eigenvalue weighted by Gasteiger charge is -2.42. The molecule has 2 fully saturated rings. The first kappa shape index (κ1) is 8.05. The summed E-state index contributed by atoms with van der Waals surface area (Å²) in [7, 11) is 0. The molecule has 1 heterocycles. The van der Waals surface area contributed by atoms with E-state index in [2.05, 4.69) is 5.32 Å². The topological polar surface area (TPSA) is 49.3 Å². The second-order valence-corrected chi connectivity index (χ2v) is 4.18. The van der Waals surface area contributed by atoms with Crippen molar-refractivity contribution >= 4 is 5.97 Å². The van der Waals surface area contributed by atoms with E-state index in [9.17, 15) is 4.79 Å². The Kier molecular flexibility index (Phi) is 1.83. The van der Waals surface area contributed by atoms with Gasteiger partial charge in [0.2, 0.25) is 0 Å². The smallest absolute Gasteiger partial charge is 0.310 e. The van der Waals surface area contributed by atoms with Gasteiger partial charge in [-0.05, 0) is 31.7 Å². The van der Waals surface area contributed by atoms with Crippen molar-refractivity contribution in [3.63, 3.8) is 0 Å². The van der Waals surface area contributed by atoms with Crippen molar-refractivity contribution in [3.8, 4) is 0 Å². The van der Waals surface area contributed by atoms with Crippen molar-refractivity contribution in [2.45, 2.75) is 25.7 Å². The molecule has 3 nitrogen and oxygen atoms in total. The molecule has 68 valence electrons. The number of rotatable bonds is 1. The highest BCUT2D eigenvalue weighted by Crippen LogP contribution is 2.41. The van der Waals surface area contributed by atoms with Crippen LogP contribution in [0.5, 0.6) is 0 Å². The third-order valence-corrected chi connectivity index (χ3v) is 3.30. The summed E-state index contributed by atoms with van der Waals surface area (Å²) in [6.45, 7) is 1.70. The fourth-order valence-corrected chi connectivity index (χ4v) is 2.61. The maximum Gasteiger partial charge on any atom is 0.310 e. The third kappa shape index (κ3) is 1.12. The first-order chi connectivity index (χ1) is 5.73. The quantitative estimate of drug-likeness (QED) is 0.612. The van der Waals surface area contributed by atoms with Crippen molar-refractivity contribution in [2.75, 3.05) is 13.1 Å². The van der Waals surface area contributed by atoms with E-state index in [0.29, 0.717) is 12.5 Å². The van der Waals surface area contributed by atoms with Gasteiger partial charge in [0.1, 0.15) is 0 Å². The van der Waals surface area contributed by atoms with Gasteiger partial charge in [-0.15, -0.1) is 0 Å². The molecule has 0 aromatic rings. The number of hydrogen-bond donors (Lipinski definition) is 2. The van der Waals surface area contributed by atoms with E-state index in [0.717, 1.165) is 25.8 Å². The number of nitrogens with one attached hydrogen (secondary N) is 1. The molecule has 1 aliphatic heterocycles. The molecule has 3 heteroatoms. The van der Waals surface area contributed by atoms with Crippen LogP contribution in [0.3, 0.4) is 0 Å². The summed E-state index contributed by atoms with van der Waals surface area (Å²) in [4.78, 5) is 11.0. The number of aliphatic carboxylic acids is 1. The molecule has 0 spiro atoms. The van der Waals surface area contributed by atoms with Crippen LogP contribution in [0.2, 0.25) is 0 Å². The Hall–Kier alpha value is -0.570. The molecule has 0 amide bonds. The molecule has 0 unspecified atom stereocenters. The Morgan fingerprint density at radius 2 is 2.42 bits per heavy atom. The van der Waals surface area contributed by atoms with Gasteiger partial charge in [-0.2, -0.15) is 0 Å². The Balaban J connectivity index is 2.17. The Labute approximate surface area is 72.2 Å².